The summed E-state index contributed by atoms with van der Waals surface area (Å²) >= 11 is 0. The van der Waals surface area contributed by atoms with Gasteiger partial charge < -0.3 is 19.3 Å². The molecule has 4 nitrogen and oxygen atoms in total. The lowest BCUT2D eigenvalue weighted by atomic mass is 9.77. The zero-order chi connectivity index (χ0) is 28.9. The quantitative estimate of drug-likeness (QED) is 0.0773. The third-order valence-corrected chi connectivity index (χ3v) is 8.37. The first-order valence-corrected chi connectivity index (χ1v) is 17.4. The summed E-state index contributed by atoms with van der Waals surface area (Å²) in [6.45, 7) is 10.7. The molecule has 0 aromatic heterocycles. The Balaban J connectivity index is 4.30. The molecule has 0 aliphatic rings. The third kappa shape index (κ3) is 27.8. The molecule has 39 heavy (non-hydrogen) atoms. The van der Waals surface area contributed by atoms with E-state index in [2.05, 4.69) is 51.8 Å². The van der Waals surface area contributed by atoms with Gasteiger partial charge in [0, 0.05) is 19.8 Å². The Kier molecular flexibility index (Phi) is 29.2. The molecule has 0 unspecified atom stereocenters. The fourth-order valence-corrected chi connectivity index (χ4v) is 5.46. The lowest BCUT2D eigenvalue weighted by Crippen LogP contribution is -2.34. The summed E-state index contributed by atoms with van der Waals surface area (Å²) < 4.78 is 12.3. The van der Waals surface area contributed by atoms with Gasteiger partial charge in [0.15, 0.2) is 0 Å². The SMILES string of the molecule is CCCCCCCCCCCCOCC(CCCCCCCOCCCCCC)(CCN(C)C)CCN(C)C. The van der Waals surface area contributed by atoms with Crippen molar-refractivity contribution in [3.05, 3.63) is 0 Å². The lowest BCUT2D eigenvalue weighted by molar-refractivity contribution is 0.0158. The summed E-state index contributed by atoms with van der Waals surface area (Å²) in [6, 6.07) is 0. The van der Waals surface area contributed by atoms with Crippen molar-refractivity contribution >= 4 is 0 Å². The van der Waals surface area contributed by atoms with E-state index in [-0.39, 0.29) is 0 Å². The summed E-state index contributed by atoms with van der Waals surface area (Å²) in [5, 5.41) is 0. The molecule has 0 N–H and O–H groups in total. The summed E-state index contributed by atoms with van der Waals surface area (Å²) in [6.07, 6.45) is 29.4. The molecule has 0 saturated heterocycles. The Morgan fingerprint density at radius 2 is 0.769 bits per heavy atom. The number of hydrogen-bond donors (Lipinski definition) is 0. The molecule has 0 bridgehead atoms. The molecular formula is C35H74N2O2. The van der Waals surface area contributed by atoms with Crippen LogP contribution in [0, 0.1) is 5.41 Å². The van der Waals surface area contributed by atoms with Crippen LogP contribution in [-0.4, -0.2) is 77.5 Å². The van der Waals surface area contributed by atoms with E-state index in [0.717, 1.165) is 39.5 Å². The number of ether oxygens (including phenoxy) is 2. The predicted molar refractivity (Wildman–Crippen MR) is 174 cm³/mol. The van der Waals surface area contributed by atoms with Gasteiger partial charge in [0.05, 0.1) is 6.61 Å². The van der Waals surface area contributed by atoms with Gasteiger partial charge in [0.2, 0.25) is 0 Å². The zero-order valence-electron chi connectivity index (χ0n) is 28.0. The molecule has 0 fully saturated rings. The molecule has 236 valence electrons. The van der Waals surface area contributed by atoms with Crippen LogP contribution in [0.4, 0.5) is 0 Å². The smallest absolute Gasteiger partial charge is 0.0523 e. The number of nitrogens with zero attached hydrogens (tertiary/aromatic N) is 2. The monoisotopic (exact) mass is 555 g/mol. The van der Waals surface area contributed by atoms with E-state index in [9.17, 15) is 0 Å². The highest BCUT2D eigenvalue weighted by atomic mass is 16.5. The second-order valence-electron chi connectivity index (χ2n) is 13.0. The van der Waals surface area contributed by atoms with Crippen LogP contribution in [0.15, 0.2) is 0 Å². The van der Waals surface area contributed by atoms with Gasteiger partial charge in [-0.25, -0.2) is 0 Å². The third-order valence-electron chi connectivity index (χ3n) is 8.37. The van der Waals surface area contributed by atoms with Gasteiger partial charge in [-0.05, 0) is 85.2 Å². The molecule has 0 radical (unpaired) electrons. The first-order chi connectivity index (χ1) is 19.0. The van der Waals surface area contributed by atoms with Crippen LogP contribution in [-0.2, 0) is 9.47 Å². The lowest BCUT2D eigenvalue weighted by Gasteiger charge is -2.36. The fraction of sp³-hybridized carbons (Fsp3) is 1.00. The normalized spacial score (nSPS) is 12.3. The molecule has 0 amide bonds. The molecule has 0 saturated carbocycles. The van der Waals surface area contributed by atoms with Crippen molar-refractivity contribution in [2.45, 2.75) is 155 Å². The van der Waals surface area contributed by atoms with E-state index in [1.807, 2.05) is 0 Å². The summed E-state index contributed by atoms with van der Waals surface area (Å²) in [5.41, 5.74) is 0.314. The molecule has 0 aromatic rings. The summed E-state index contributed by atoms with van der Waals surface area (Å²) in [5.74, 6) is 0. The largest absolute Gasteiger partial charge is 0.381 e. The van der Waals surface area contributed by atoms with Crippen LogP contribution in [0.5, 0.6) is 0 Å². The van der Waals surface area contributed by atoms with Crippen LogP contribution in [0.25, 0.3) is 0 Å². The van der Waals surface area contributed by atoms with Crippen molar-refractivity contribution in [1.29, 1.82) is 0 Å². The van der Waals surface area contributed by atoms with E-state index in [1.54, 1.807) is 0 Å². The standard InChI is InChI=1S/C35H74N2O2/c1-7-9-11-13-14-15-16-17-20-25-33-39-34-35(27-29-36(3)4,28-30-37(5)6)26-22-19-18-21-24-32-38-31-23-12-10-8-2/h7-34H2,1-6H3. The van der Waals surface area contributed by atoms with Crippen molar-refractivity contribution in [3.8, 4) is 0 Å². The van der Waals surface area contributed by atoms with Crippen molar-refractivity contribution in [1.82, 2.24) is 9.80 Å². The van der Waals surface area contributed by atoms with Crippen LogP contribution in [0.2, 0.25) is 0 Å². The zero-order valence-corrected chi connectivity index (χ0v) is 28.0. The van der Waals surface area contributed by atoms with E-state index in [4.69, 9.17) is 9.47 Å². The second kappa shape index (κ2) is 29.3. The van der Waals surface area contributed by atoms with E-state index in [0.29, 0.717) is 5.41 Å². The van der Waals surface area contributed by atoms with E-state index >= 15 is 0 Å². The molecule has 0 aliphatic carbocycles. The minimum Gasteiger partial charge on any atom is -0.381 e. The van der Waals surface area contributed by atoms with Crippen LogP contribution < -0.4 is 0 Å². The van der Waals surface area contributed by atoms with Gasteiger partial charge in [-0.2, -0.15) is 0 Å². The molecule has 0 aromatic carbocycles. The summed E-state index contributed by atoms with van der Waals surface area (Å²) in [4.78, 5) is 4.71. The van der Waals surface area contributed by atoms with Gasteiger partial charge in [-0.3, -0.25) is 0 Å². The maximum atomic E-state index is 6.44. The Morgan fingerprint density at radius 1 is 0.410 bits per heavy atom. The Hall–Kier alpha value is -0.160. The van der Waals surface area contributed by atoms with Gasteiger partial charge in [-0.15, -0.1) is 0 Å². The van der Waals surface area contributed by atoms with Gasteiger partial charge in [-0.1, -0.05) is 117 Å². The summed E-state index contributed by atoms with van der Waals surface area (Å²) in [7, 11) is 8.86. The number of unbranched alkanes of at least 4 members (excludes halogenated alkanes) is 16. The average molecular weight is 555 g/mol. The Bertz CT molecular complexity index is 428. The predicted octanol–water partition coefficient (Wildman–Crippen LogP) is 9.75. The highest BCUT2D eigenvalue weighted by molar-refractivity contribution is 4.81. The Labute approximate surface area is 247 Å². The van der Waals surface area contributed by atoms with E-state index in [1.165, 1.54) is 141 Å². The number of rotatable bonds is 32. The van der Waals surface area contributed by atoms with Gasteiger partial charge in [0.1, 0.15) is 0 Å². The Morgan fingerprint density at radius 3 is 1.21 bits per heavy atom. The molecule has 0 atom stereocenters. The first kappa shape index (κ1) is 38.8. The average Bonchev–Trinajstić information content (AvgIpc) is 2.91. The topological polar surface area (TPSA) is 24.9 Å². The highest BCUT2D eigenvalue weighted by Crippen LogP contribution is 2.34. The van der Waals surface area contributed by atoms with Crippen molar-refractivity contribution in [2.24, 2.45) is 5.41 Å². The van der Waals surface area contributed by atoms with Gasteiger partial charge in [0.25, 0.3) is 0 Å². The van der Waals surface area contributed by atoms with Gasteiger partial charge >= 0.3 is 0 Å². The fourth-order valence-electron chi connectivity index (χ4n) is 5.46. The highest BCUT2D eigenvalue weighted by Gasteiger charge is 2.30. The van der Waals surface area contributed by atoms with Crippen molar-refractivity contribution < 1.29 is 9.47 Å². The van der Waals surface area contributed by atoms with Crippen LogP contribution in [0.1, 0.15) is 155 Å². The first-order valence-electron chi connectivity index (χ1n) is 17.4. The molecule has 0 rings (SSSR count). The molecular weight excluding hydrogens is 480 g/mol. The minimum absolute atomic E-state index is 0.314. The van der Waals surface area contributed by atoms with E-state index < -0.39 is 0 Å². The van der Waals surface area contributed by atoms with Crippen molar-refractivity contribution in [2.75, 3.05) is 67.7 Å². The molecule has 0 heterocycles. The molecule has 0 spiro atoms. The molecule has 4 heteroatoms. The number of hydrogen-bond acceptors (Lipinski definition) is 4. The minimum atomic E-state index is 0.314. The van der Waals surface area contributed by atoms with Crippen molar-refractivity contribution in [3.63, 3.8) is 0 Å². The molecule has 0 aliphatic heterocycles. The van der Waals surface area contributed by atoms with Crippen LogP contribution in [0.3, 0.4) is 0 Å². The maximum Gasteiger partial charge on any atom is 0.0523 e. The second-order valence-corrected chi connectivity index (χ2v) is 13.0. The van der Waals surface area contributed by atoms with Crippen LogP contribution >= 0.6 is 0 Å². The maximum absolute atomic E-state index is 6.44.